The summed E-state index contributed by atoms with van der Waals surface area (Å²) in [5.41, 5.74) is 19.4. The highest BCUT2D eigenvalue weighted by atomic mass is 32.2. The number of hydrogen-bond donors (Lipinski definition) is 2. The summed E-state index contributed by atoms with van der Waals surface area (Å²) >= 11 is 0. The van der Waals surface area contributed by atoms with E-state index in [-0.39, 0.29) is 32.9 Å². The minimum absolute atomic E-state index is 0.147. The van der Waals surface area contributed by atoms with Gasteiger partial charge < -0.3 is 0 Å². The maximum atomic E-state index is 14.1. The zero-order valence-electron chi connectivity index (χ0n) is 53.7. The van der Waals surface area contributed by atoms with E-state index >= 15 is 0 Å². The smallest absolute Gasteiger partial charge is 0.289 e. The van der Waals surface area contributed by atoms with Crippen LogP contribution < -0.4 is 0 Å². The van der Waals surface area contributed by atoms with E-state index in [4.69, 9.17) is 0 Å². The Labute approximate surface area is 569 Å². The molecule has 0 aliphatic carbocycles. The molecule has 0 aliphatic heterocycles. The van der Waals surface area contributed by atoms with Crippen LogP contribution in [0.25, 0.3) is 89.0 Å². The predicted molar refractivity (Wildman–Crippen MR) is 388 cm³/mol. The van der Waals surface area contributed by atoms with Crippen molar-refractivity contribution in [3.63, 3.8) is 0 Å². The van der Waals surface area contributed by atoms with Crippen molar-refractivity contribution in [2.24, 2.45) is 0 Å². The highest BCUT2D eigenvalue weighted by Crippen LogP contribution is 2.50. The van der Waals surface area contributed by atoms with Crippen molar-refractivity contribution in [3.8, 4) is 89.0 Å². The number of benzene rings is 13. The maximum absolute atomic E-state index is 14.1. The van der Waals surface area contributed by atoms with Gasteiger partial charge in [-0.2, -0.15) is 16.8 Å². The molecule has 10 nitrogen and oxygen atoms in total. The first-order valence-electron chi connectivity index (χ1n) is 31.6. The molecule has 478 valence electrons. The van der Waals surface area contributed by atoms with E-state index < -0.39 is 20.2 Å². The Morgan fingerprint density at radius 1 is 0.204 bits per heavy atom. The van der Waals surface area contributed by atoms with Crippen molar-refractivity contribution in [1.82, 2.24) is 0 Å². The minimum Gasteiger partial charge on any atom is -0.289 e. The normalized spacial score (nSPS) is 11.5. The maximum Gasteiger partial charge on any atom is 0.294 e. The van der Waals surface area contributed by atoms with Gasteiger partial charge in [-0.15, -0.1) is 0 Å². The van der Waals surface area contributed by atoms with Crippen molar-refractivity contribution in [2.45, 2.75) is 37.5 Å². The van der Waals surface area contributed by atoms with Gasteiger partial charge in [-0.3, -0.25) is 28.3 Å². The Morgan fingerprint density at radius 3 is 0.531 bits per heavy atom. The highest BCUT2D eigenvalue weighted by Gasteiger charge is 2.26. The van der Waals surface area contributed by atoms with E-state index in [1.165, 1.54) is 24.3 Å². The largest absolute Gasteiger partial charge is 0.294 e. The lowest BCUT2D eigenvalue weighted by atomic mass is 9.80. The molecule has 0 amide bonds. The third-order valence-corrected chi connectivity index (χ3v) is 19.6. The van der Waals surface area contributed by atoms with E-state index in [9.17, 15) is 45.1 Å². The number of carbonyl (C=O) groups excluding carboxylic acids is 4. The molecule has 0 atom stereocenters. The zero-order valence-corrected chi connectivity index (χ0v) is 55.3. The van der Waals surface area contributed by atoms with E-state index in [0.29, 0.717) is 89.0 Å². The zero-order chi connectivity index (χ0) is 68.6. The SMILES string of the molecule is Cc1ccc(C(=O)c2ccc(-c3ccc(-c4ccc(S(=O)(=O)O)cc4)c(-c4ccc(C(=O)c5ccc(C)cc5)cc4)c3-c3ccc(-c4c(-c5ccc(C(=O)c6ccc(C)cc6)cc5)ccc(-c5ccc(C(=O)c6ccc(C)cc6)cc5)c4-c4ccc(S(=O)(=O)O)cc4)cc3)cc2)cc1. The Morgan fingerprint density at radius 2 is 0.347 bits per heavy atom. The molecule has 0 saturated carbocycles. The van der Waals surface area contributed by atoms with E-state index in [2.05, 4.69) is 0 Å². The molecule has 0 unspecified atom stereocenters. The minimum atomic E-state index is -4.62. The van der Waals surface area contributed by atoms with Crippen LogP contribution in [0.15, 0.2) is 301 Å². The quantitative estimate of drug-likeness (QED) is 0.0621. The number of carbonyl (C=O) groups is 4. The summed E-state index contributed by atoms with van der Waals surface area (Å²) in [5, 5.41) is 0. The molecule has 13 aromatic carbocycles. The summed E-state index contributed by atoms with van der Waals surface area (Å²) in [6.45, 7) is 7.83. The van der Waals surface area contributed by atoms with Gasteiger partial charge in [0.1, 0.15) is 0 Å². The molecule has 2 N–H and O–H groups in total. The summed E-state index contributed by atoms with van der Waals surface area (Å²) in [7, 11) is -9.19. The molecule has 13 rings (SSSR count). The average Bonchev–Trinajstić information content (AvgIpc) is 0.750. The second-order valence-electron chi connectivity index (χ2n) is 24.5. The first-order chi connectivity index (χ1) is 47.1. The molecule has 0 bridgehead atoms. The van der Waals surface area contributed by atoms with Gasteiger partial charge >= 0.3 is 0 Å². The summed E-state index contributed by atoms with van der Waals surface area (Å²) in [5.74, 6) is -0.620. The fraction of sp³-hybridized carbons (Fsp3) is 0.0465. The molecule has 13 aromatic rings. The summed E-state index contributed by atoms with van der Waals surface area (Å²) in [6, 6.07) is 86.9. The van der Waals surface area contributed by atoms with Crippen molar-refractivity contribution in [3.05, 3.63) is 358 Å². The molecule has 98 heavy (non-hydrogen) atoms. The highest BCUT2D eigenvalue weighted by molar-refractivity contribution is 7.86. The predicted octanol–water partition coefficient (Wildman–Crippen LogP) is 19.7. The van der Waals surface area contributed by atoms with Crippen molar-refractivity contribution >= 4 is 43.4 Å². The summed E-state index contributed by atoms with van der Waals surface area (Å²) < 4.78 is 70.7. The second-order valence-corrected chi connectivity index (χ2v) is 27.3. The first kappa shape index (κ1) is 65.0. The van der Waals surface area contributed by atoms with E-state index in [1.54, 1.807) is 109 Å². The number of aryl methyl sites for hydroxylation is 4. The molecule has 0 spiro atoms. The van der Waals surface area contributed by atoms with E-state index in [1.807, 2.05) is 185 Å². The van der Waals surface area contributed by atoms with Gasteiger partial charge in [-0.05, 0) is 141 Å². The van der Waals surface area contributed by atoms with Gasteiger partial charge in [0.05, 0.1) is 9.79 Å². The topological polar surface area (TPSA) is 177 Å². The van der Waals surface area contributed by atoms with Crippen molar-refractivity contribution in [1.29, 1.82) is 0 Å². The standard InChI is InChI=1S/C86H62O10S2/c1-53-5-13-65(14-6-53)83(87)69-33-21-57(22-34-69)75-51-52-78(60-41-45-73(46-42-60)97(91,92)93)81(63-31-39-72(40-32-63)86(90)68-19-11-56(4)12-20-68)79(75)61-27-29-62(30-28-61)80-76(58-23-35-70(36-24-58)84(88)66-15-7-54(2)8-16-66)49-50-77(82(80)64-43-47-74(48-44-64)98(94,95)96)59-25-37-71(38-26-59)85(89)67-17-9-55(3)10-18-67/h5-52H,1-4H3,(H,91,92,93)(H,94,95,96). The Bertz CT molecular complexity index is 5480. The second kappa shape index (κ2) is 26.9. The summed E-state index contributed by atoms with van der Waals surface area (Å²) in [6.07, 6.45) is 0. The van der Waals surface area contributed by atoms with Gasteiger partial charge in [0.2, 0.25) is 0 Å². The lowest BCUT2D eigenvalue weighted by Crippen LogP contribution is -2.02. The van der Waals surface area contributed by atoms with Crippen LogP contribution in [0, 0.1) is 27.7 Å². The molecule has 0 aliphatic rings. The van der Waals surface area contributed by atoms with Gasteiger partial charge in [0, 0.05) is 44.5 Å². The number of hydrogen-bond acceptors (Lipinski definition) is 8. The van der Waals surface area contributed by atoms with Gasteiger partial charge in [-0.25, -0.2) is 0 Å². The van der Waals surface area contributed by atoms with Gasteiger partial charge in [-0.1, -0.05) is 289 Å². The lowest BCUT2D eigenvalue weighted by molar-refractivity contribution is 0.103. The average molecular weight is 1320 g/mol. The molecule has 0 fully saturated rings. The first-order valence-corrected chi connectivity index (χ1v) is 34.5. The molecule has 12 heteroatoms. The van der Waals surface area contributed by atoms with Crippen molar-refractivity contribution in [2.75, 3.05) is 0 Å². The summed E-state index contributed by atoms with van der Waals surface area (Å²) in [4.78, 5) is 55.4. The fourth-order valence-corrected chi connectivity index (χ4v) is 13.4. The van der Waals surface area contributed by atoms with Crippen LogP contribution in [0.1, 0.15) is 85.9 Å². The van der Waals surface area contributed by atoms with Crippen LogP contribution in [0.3, 0.4) is 0 Å². The van der Waals surface area contributed by atoms with Gasteiger partial charge in [0.15, 0.2) is 23.1 Å². The van der Waals surface area contributed by atoms with Crippen LogP contribution in [0.5, 0.6) is 0 Å². The van der Waals surface area contributed by atoms with E-state index in [0.717, 1.165) is 66.8 Å². The molecular weight excluding hydrogens is 1260 g/mol. The van der Waals surface area contributed by atoms with Gasteiger partial charge in [0.25, 0.3) is 20.2 Å². The van der Waals surface area contributed by atoms with Crippen LogP contribution in [-0.4, -0.2) is 49.1 Å². The monoisotopic (exact) mass is 1320 g/mol. The Kier molecular flexibility index (Phi) is 17.8. The molecule has 0 heterocycles. The fourth-order valence-electron chi connectivity index (χ4n) is 12.4. The third kappa shape index (κ3) is 13.5. The Hall–Kier alpha value is -11.6. The number of ketones is 4. The van der Waals surface area contributed by atoms with Crippen LogP contribution in [0.4, 0.5) is 0 Å². The molecular formula is C86H62O10S2. The van der Waals surface area contributed by atoms with Crippen LogP contribution in [-0.2, 0) is 20.2 Å². The Balaban J connectivity index is 1.04. The molecule has 0 radical (unpaired) electrons. The van der Waals surface area contributed by atoms with Crippen LogP contribution in [0.2, 0.25) is 0 Å². The third-order valence-electron chi connectivity index (χ3n) is 17.8. The molecule has 0 aromatic heterocycles. The lowest BCUT2D eigenvalue weighted by Gasteiger charge is -2.23. The molecule has 0 saturated heterocycles. The number of rotatable bonds is 18. The van der Waals surface area contributed by atoms with Crippen molar-refractivity contribution < 1.29 is 45.1 Å². The van der Waals surface area contributed by atoms with Crippen LogP contribution >= 0.6 is 0 Å².